The van der Waals surface area contributed by atoms with Gasteiger partial charge in [0.1, 0.15) is 30.5 Å². The van der Waals surface area contributed by atoms with Gasteiger partial charge in [0.2, 0.25) is 0 Å². The van der Waals surface area contributed by atoms with E-state index in [9.17, 15) is 5.11 Å². The predicted octanol–water partition coefficient (Wildman–Crippen LogP) is 8.84. The summed E-state index contributed by atoms with van der Waals surface area (Å²) in [6.45, 7) is 5.68. The predicted molar refractivity (Wildman–Crippen MR) is 183 cm³/mol. The Labute approximate surface area is 266 Å². The Morgan fingerprint density at radius 2 is 1.07 bits per heavy atom. The van der Waals surface area contributed by atoms with Crippen molar-refractivity contribution in [3.8, 4) is 16.9 Å². The van der Waals surface area contributed by atoms with Crippen LogP contribution in [0.3, 0.4) is 0 Å². The number of anilines is 3. The number of ether oxygens (including phenoxy) is 2. The molecule has 0 aromatic heterocycles. The Morgan fingerprint density at radius 1 is 0.644 bits per heavy atom. The number of aliphatic hydroxyl groups excluding tert-OH is 2. The van der Waals surface area contributed by atoms with Crippen molar-refractivity contribution in [2.45, 2.75) is 39.7 Å². The highest BCUT2D eigenvalue weighted by atomic mass is 16.5. The lowest BCUT2D eigenvalue weighted by Crippen LogP contribution is -2.17. The second-order valence-electron chi connectivity index (χ2n) is 11.4. The summed E-state index contributed by atoms with van der Waals surface area (Å²) >= 11 is 0. The number of hydrogen-bond donors (Lipinski definition) is 2. The number of aliphatic hydroxyl groups is 2. The van der Waals surface area contributed by atoms with Gasteiger partial charge in [0, 0.05) is 17.1 Å². The molecule has 0 bridgehead atoms. The molecule has 0 radical (unpaired) electrons. The lowest BCUT2D eigenvalue weighted by atomic mass is 10.0. The molecule has 0 amide bonds. The van der Waals surface area contributed by atoms with Crippen molar-refractivity contribution in [3.05, 3.63) is 156 Å². The van der Waals surface area contributed by atoms with E-state index in [1.165, 1.54) is 39.6 Å². The summed E-state index contributed by atoms with van der Waals surface area (Å²) < 4.78 is 11.0. The van der Waals surface area contributed by atoms with Crippen LogP contribution in [0.5, 0.6) is 5.75 Å². The molecule has 0 saturated carbocycles. The molecular weight excluding hydrogens is 558 g/mol. The Hall–Kier alpha value is -4.84. The van der Waals surface area contributed by atoms with Crippen LogP contribution in [-0.2, 0) is 17.6 Å². The molecule has 0 spiro atoms. The van der Waals surface area contributed by atoms with Crippen LogP contribution in [0.25, 0.3) is 11.1 Å². The van der Waals surface area contributed by atoms with Gasteiger partial charge >= 0.3 is 0 Å². The minimum absolute atomic E-state index is 0.0166. The number of nitrogens with zero attached hydrogens (tertiary/aromatic N) is 1. The quantitative estimate of drug-likeness (QED) is 0.132. The van der Waals surface area contributed by atoms with Crippen LogP contribution < -0.4 is 9.64 Å². The Morgan fingerprint density at radius 3 is 1.58 bits per heavy atom. The van der Waals surface area contributed by atoms with Crippen molar-refractivity contribution in [2.24, 2.45) is 0 Å². The molecule has 45 heavy (non-hydrogen) atoms. The van der Waals surface area contributed by atoms with Gasteiger partial charge in [-0.05, 0) is 104 Å². The summed E-state index contributed by atoms with van der Waals surface area (Å²) in [7, 11) is 0. The minimum Gasteiger partial charge on any atom is -0.495 e. The highest BCUT2D eigenvalue weighted by Gasteiger charge is 2.13. The third-order valence-electron chi connectivity index (χ3n) is 7.65. The van der Waals surface area contributed by atoms with E-state index in [0.29, 0.717) is 11.5 Å². The maximum Gasteiger partial charge on any atom is 0.135 e. The SMILES string of the molecule is CC(=COCC(O)CO)Oc1ccc(CCc2ccc(N(c3ccc(C)cc3)c3ccc(-c4ccc(C)cc4)cc3)cc2)cc1. The highest BCUT2D eigenvalue weighted by molar-refractivity contribution is 5.78. The lowest BCUT2D eigenvalue weighted by Gasteiger charge is -2.26. The van der Waals surface area contributed by atoms with Gasteiger partial charge in [-0.15, -0.1) is 0 Å². The first-order valence-electron chi connectivity index (χ1n) is 15.3. The molecular formula is C40H41NO4. The van der Waals surface area contributed by atoms with E-state index >= 15 is 0 Å². The van der Waals surface area contributed by atoms with Gasteiger partial charge in [-0.25, -0.2) is 0 Å². The smallest absolute Gasteiger partial charge is 0.135 e. The summed E-state index contributed by atoms with van der Waals surface area (Å²) in [4.78, 5) is 2.30. The van der Waals surface area contributed by atoms with Crippen molar-refractivity contribution in [3.63, 3.8) is 0 Å². The fourth-order valence-electron chi connectivity index (χ4n) is 5.05. The molecule has 2 N–H and O–H groups in total. The Kier molecular flexibility index (Phi) is 10.7. The standard InChI is InChI=1S/C40H41NO4/c1-29-4-14-34(15-5-29)35-16-22-38(23-17-35)41(36-18-6-30(2)7-19-36)37-20-10-32(11-21-37)8-9-33-12-24-40(25-13-33)45-31(3)27-44-28-39(43)26-42/h4-7,10-25,27,39,42-43H,8-9,26,28H2,1-3H3. The molecule has 230 valence electrons. The summed E-state index contributed by atoms with van der Waals surface area (Å²) in [6, 6.07) is 43.0. The summed E-state index contributed by atoms with van der Waals surface area (Å²) in [5.41, 5.74) is 10.8. The highest BCUT2D eigenvalue weighted by Crippen LogP contribution is 2.36. The van der Waals surface area contributed by atoms with Gasteiger partial charge < -0.3 is 24.6 Å². The van der Waals surface area contributed by atoms with Crippen LogP contribution >= 0.6 is 0 Å². The third-order valence-corrected chi connectivity index (χ3v) is 7.65. The number of benzene rings is 5. The van der Waals surface area contributed by atoms with Crippen LogP contribution in [0.15, 0.2) is 133 Å². The normalized spacial score (nSPS) is 12.1. The fraction of sp³-hybridized carbons (Fsp3) is 0.200. The number of allylic oxidation sites excluding steroid dienone is 1. The maximum absolute atomic E-state index is 9.36. The van der Waals surface area contributed by atoms with E-state index in [-0.39, 0.29) is 13.2 Å². The van der Waals surface area contributed by atoms with Crippen LogP contribution in [-0.4, -0.2) is 29.5 Å². The monoisotopic (exact) mass is 599 g/mol. The van der Waals surface area contributed by atoms with Crippen molar-refractivity contribution in [1.82, 2.24) is 0 Å². The van der Waals surface area contributed by atoms with Crippen molar-refractivity contribution in [2.75, 3.05) is 18.1 Å². The number of hydrogen-bond acceptors (Lipinski definition) is 5. The molecule has 0 saturated heterocycles. The first kappa shape index (κ1) is 31.6. The van der Waals surface area contributed by atoms with E-state index in [2.05, 4.69) is 128 Å². The molecule has 0 aliphatic carbocycles. The molecule has 0 fully saturated rings. The molecule has 1 atom stereocenters. The average Bonchev–Trinajstić information content (AvgIpc) is 3.06. The lowest BCUT2D eigenvalue weighted by molar-refractivity contribution is 0.0367. The Bertz CT molecular complexity index is 1660. The molecule has 0 heterocycles. The molecule has 0 aliphatic heterocycles. The second kappa shape index (κ2) is 15.2. The number of rotatable bonds is 13. The van der Waals surface area contributed by atoms with Gasteiger partial charge in [-0.3, -0.25) is 0 Å². The van der Waals surface area contributed by atoms with Crippen molar-refractivity contribution < 1.29 is 19.7 Å². The first-order chi connectivity index (χ1) is 21.9. The molecule has 5 aromatic carbocycles. The third kappa shape index (κ3) is 8.85. The molecule has 5 aromatic rings. The van der Waals surface area contributed by atoms with Crippen molar-refractivity contribution >= 4 is 17.1 Å². The van der Waals surface area contributed by atoms with Crippen LogP contribution in [0.1, 0.15) is 29.2 Å². The topological polar surface area (TPSA) is 62.2 Å². The van der Waals surface area contributed by atoms with Gasteiger partial charge in [-0.2, -0.15) is 0 Å². The molecule has 5 nitrogen and oxygen atoms in total. The van der Waals surface area contributed by atoms with Gasteiger partial charge in [0.05, 0.1) is 6.61 Å². The van der Waals surface area contributed by atoms with Crippen LogP contribution in [0.4, 0.5) is 17.1 Å². The van der Waals surface area contributed by atoms with E-state index in [1.807, 2.05) is 12.1 Å². The molecule has 1 unspecified atom stereocenters. The summed E-state index contributed by atoms with van der Waals surface area (Å²) in [6.07, 6.45) is 2.38. The van der Waals surface area contributed by atoms with Gasteiger partial charge in [0.25, 0.3) is 0 Å². The molecule has 5 heteroatoms. The zero-order valence-corrected chi connectivity index (χ0v) is 26.2. The largest absolute Gasteiger partial charge is 0.495 e. The molecule has 5 rings (SSSR count). The Balaban J connectivity index is 1.25. The maximum atomic E-state index is 9.36. The zero-order valence-electron chi connectivity index (χ0n) is 26.2. The fourth-order valence-corrected chi connectivity index (χ4v) is 5.05. The van der Waals surface area contributed by atoms with E-state index in [1.54, 1.807) is 6.92 Å². The van der Waals surface area contributed by atoms with Gasteiger partial charge in [-0.1, -0.05) is 83.9 Å². The van der Waals surface area contributed by atoms with E-state index in [4.69, 9.17) is 14.6 Å². The minimum atomic E-state index is -0.904. The van der Waals surface area contributed by atoms with Crippen LogP contribution in [0, 0.1) is 13.8 Å². The van der Waals surface area contributed by atoms with Gasteiger partial charge in [0.15, 0.2) is 0 Å². The van der Waals surface area contributed by atoms with E-state index in [0.717, 1.165) is 29.9 Å². The first-order valence-corrected chi connectivity index (χ1v) is 15.3. The van der Waals surface area contributed by atoms with E-state index < -0.39 is 6.10 Å². The van der Waals surface area contributed by atoms with Crippen molar-refractivity contribution in [1.29, 1.82) is 0 Å². The van der Waals surface area contributed by atoms with Crippen LogP contribution in [0.2, 0.25) is 0 Å². The average molecular weight is 600 g/mol. The number of aryl methyl sites for hydroxylation is 4. The summed E-state index contributed by atoms with van der Waals surface area (Å²) in [5, 5.41) is 18.2. The zero-order chi connectivity index (χ0) is 31.6. The molecule has 0 aliphatic rings. The second-order valence-corrected chi connectivity index (χ2v) is 11.4. The summed E-state index contributed by atoms with van der Waals surface area (Å²) in [5.74, 6) is 1.28.